The second kappa shape index (κ2) is 5.93. The van der Waals surface area contributed by atoms with E-state index in [0.717, 1.165) is 11.3 Å². The molecule has 0 saturated heterocycles. The summed E-state index contributed by atoms with van der Waals surface area (Å²) in [6.45, 7) is 0.727. The SMILES string of the molecule is NCc1cccnc1COc1ccc(F)c(Br)c1. The maximum absolute atomic E-state index is 13.0. The first-order chi connectivity index (χ1) is 8.70. The van der Waals surface area contributed by atoms with Crippen LogP contribution in [0.25, 0.3) is 0 Å². The molecule has 94 valence electrons. The van der Waals surface area contributed by atoms with Crippen molar-refractivity contribution in [2.24, 2.45) is 5.73 Å². The van der Waals surface area contributed by atoms with E-state index in [1.165, 1.54) is 6.07 Å². The van der Waals surface area contributed by atoms with Crippen LogP contribution in [0.2, 0.25) is 0 Å². The predicted molar refractivity (Wildman–Crippen MR) is 70.6 cm³/mol. The molecule has 0 aliphatic carbocycles. The van der Waals surface area contributed by atoms with Gasteiger partial charge in [0.1, 0.15) is 18.2 Å². The summed E-state index contributed by atoms with van der Waals surface area (Å²) in [6, 6.07) is 8.25. The van der Waals surface area contributed by atoms with Gasteiger partial charge in [0.2, 0.25) is 0 Å². The number of nitrogens with zero attached hydrogens (tertiary/aromatic N) is 1. The molecule has 0 aliphatic heterocycles. The van der Waals surface area contributed by atoms with Crippen LogP contribution < -0.4 is 10.5 Å². The fourth-order valence-corrected chi connectivity index (χ4v) is 1.86. The Kier molecular flexibility index (Phi) is 4.28. The van der Waals surface area contributed by atoms with Crippen LogP contribution in [-0.2, 0) is 13.2 Å². The maximum atomic E-state index is 13.0. The van der Waals surface area contributed by atoms with Gasteiger partial charge in [-0.1, -0.05) is 6.07 Å². The van der Waals surface area contributed by atoms with Gasteiger partial charge < -0.3 is 10.5 Å². The van der Waals surface area contributed by atoms with E-state index >= 15 is 0 Å². The lowest BCUT2D eigenvalue weighted by atomic mass is 10.2. The average molecular weight is 311 g/mol. The highest BCUT2D eigenvalue weighted by Gasteiger charge is 2.05. The van der Waals surface area contributed by atoms with Gasteiger partial charge in [0, 0.05) is 12.7 Å². The predicted octanol–water partition coefficient (Wildman–Crippen LogP) is 3.02. The van der Waals surface area contributed by atoms with Gasteiger partial charge in [-0.2, -0.15) is 0 Å². The monoisotopic (exact) mass is 310 g/mol. The molecule has 1 aromatic heterocycles. The van der Waals surface area contributed by atoms with Crippen LogP contribution in [0.1, 0.15) is 11.3 Å². The first kappa shape index (κ1) is 13.0. The van der Waals surface area contributed by atoms with Gasteiger partial charge in [-0.3, -0.25) is 4.98 Å². The number of pyridine rings is 1. The summed E-state index contributed by atoms with van der Waals surface area (Å²) in [5.41, 5.74) is 7.35. The lowest BCUT2D eigenvalue weighted by Crippen LogP contribution is -2.06. The Morgan fingerprint density at radius 3 is 2.89 bits per heavy atom. The second-order valence-electron chi connectivity index (χ2n) is 3.68. The van der Waals surface area contributed by atoms with Crippen LogP contribution in [-0.4, -0.2) is 4.98 Å². The first-order valence-corrected chi connectivity index (χ1v) is 6.20. The van der Waals surface area contributed by atoms with E-state index in [9.17, 15) is 4.39 Å². The number of aromatic nitrogens is 1. The standard InChI is InChI=1S/C13H12BrFN2O/c14-11-6-10(3-4-12(11)15)18-8-13-9(7-16)2-1-5-17-13/h1-6H,7-8,16H2. The van der Waals surface area contributed by atoms with E-state index in [1.54, 1.807) is 18.3 Å². The third kappa shape index (κ3) is 3.05. The molecule has 0 unspecified atom stereocenters. The van der Waals surface area contributed by atoms with Crippen molar-refractivity contribution < 1.29 is 9.13 Å². The van der Waals surface area contributed by atoms with Crippen LogP contribution in [0.5, 0.6) is 5.75 Å². The zero-order chi connectivity index (χ0) is 13.0. The summed E-state index contributed by atoms with van der Waals surface area (Å²) in [4.78, 5) is 4.21. The molecule has 0 radical (unpaired) electrons. The summed E-state index contributed by atoms with van der Waals surface area (Å²) >= 11 is 3.11. The number of hydrogen-bond donors (Lipinski definition) is 1. The molecule has 1 heterocycles. The molecule has 2 aromatic rings. The molecule has 0 spiro atoms. The molecule has 0 atom stereocenters. The van der Waals surface area contributed by atoms with E-state index in [2.05, 4.69) is 20.9 Å². The third-order valence-electron chi connectivity index (χ3n) is 2.47. The van der Waals surface area contributed by atoms with Crippen LogP contribution in [0, 0.1) is 5.82 Å². The summed E-state index contributed by atoms with van der Waals surface area (Å²) in [7, 11) is 0. The van der Waals surface area contributed by atoms with E-state index in [0.29, 0.717) is 23.4 Å². The highest BCUT2D eigenvalue weighted by molar-refractivity contribution is 9.10. The van der Waals surface area contributed by atoms with Gasteiger partial charge in [0.15, 0.2) is 0 Å². The summed E-state index contributed by atoms with van der Waals surface area (Å²) < 4.78 is 19.0. The highest BCUT2D eigenvalue weighted by Crippen LogP contribution is 2.22. The Morgan fingerprint density at radius 2 is 2.17 bits per heavy atom. The van der Waals surface area contributed by atoms with Crippen LogP contribution in [0.3, 0.4) is 0 Å². The van der Waals surface area contributed by atoms with E-state index in [4.69, 9.17) is 10.5 Å². The normalized spacial score (nSPS) is 10.4. The number of halogens is 2. The highest BCUT2D eigenvalue weighted by atomic mass is 79.9. The maximum Gasteiger partial charge on any atom is 0.137 e. The Morgan fingerprint density at radius 1 is 1.33 bits per heavy atom. The Labute approximate surface area is 113 Å². The average Bonchev–Trinajstić information content (AvgIpc) is 2.40. The quantitative estimate of drug-likeness (QED) is 0.944. The lowest BCUT2D eigenvalue weighted by molar-refractivity contribution is 0.299. The Bertz CT molecular complexity index is 548. The number of hydrogen-bond acceptors (Lipinski definition) is 3. The molecule has 2 rings (SSSR count). The van der Waals surface area contributed by atoms with Crippen molar-refractivity contribution >= 4 is 15.9 Å². The Hall–Kier alpha value is -1.46. The molecule has 18 heavy (non-hydrogen) atoms. The summed E-state index contributed by atoms with van der Waals surface area (Å²) in [5.74, 6) is 0.264. The third-order valence-corrected chi connectivity index (χ3v) is 3.08. The zero-order valence-corrected chi connectivity index (χ0v) is 11.2. The summed E-state index contributed by atoms with van der Waals surface area (Å²) in [6.07, 6.45) is 1.69. The van der Waals surface area contributed by atoms with Crippen LogP contribution >= 0.6 is 15.9 Å². The minimum absolute atomic E-state index is 0.311. The van der Waals surface area contributed by atoms with Gasteiger partial charge in [0.05, 0.1) is 10.2 Å². The van der Waals surface area contributed by atoms with E-state index in [-0.39, 0.29) is 5.82 Å². The fourth-order valence-electron chi connectivity index (χ4n) is 1.51. The molecule has 1 aromatic carbocycles. The molecule has 0 aliphatic rings. The largest absolute Gasteiger partial charge is 0.487 e. The Balaban J connectivity index is 2.09. The molecule has 2 N–H and O–H groups in total. The zero-order valence-electron chi connectivity index (χ0n) is 9.57. The number of benzene rings is 1. The lowest BCUT2D eigenvalue weighted by Gasteiger charge is -2.09. The van der Waals surface area contributed by atoms with Crippen molar-refractivity contribution in [3.8, 4) is 5.75 Å². The van der Waals surface area contributed by atoms with Crippen LogP contribution in [0.15, 0.2) is 41.0 Å². The molecule has 0 fully saturated rings. The van der Waals surface area contributed by atoms with Gasteiger partial charge in [-0.05, 0) is 45.8 Å². The topological polar surface area (TPSA) is 48.1 Å². The number of rotatable bonds is 4. The van der Waals surface area contributed by atoms with Crippen molar-refractivity contribution in [2.45, 2.75) is 13.2 Å². The smallest absolute Gasteiger partial charge is 0.137 e. The van der Waals surface area contributed by atoms with Crippen LogP contribution in [0.4, 0.5) is 4.39 Å². The first-order valence-electron chi connectivity index (χ1n) is 5.41. The van der Waals surface area contributed by atoms with Crippen molar-refractivity contribution in [3.63, 3.8) is 0 Å². The van der Waals surface area contributed by atoms with Gasteiger partial charge >= 0.3 is 0 Å². The second-order valence-corrected chi connectivity index (χ2v) is 4.53. The minimum Gasteiger partial charge on any atom is -0.487 e. The molecular weight excluding hydrogens is 299 g/mol. The molecule has 0 amide bonds. The van der Waals surface area contributed by atoms with Gasteiger partial charge in [0.25, 0.3) is 0 Å². The van der Waals surface area contributed by atoms with Gasteiger partial charge in [-0.15, -0.1) is 0 Å². The molecule has 5 heteroatoms. The van der Waals surface area contributed by atoms with Crippen molar-refractivity contribution in [1.82, 2.24) is 4.98 Å². The molecule has 0 bridgehead atoms. The van der Waals surface area contributed by atoms with Crippen molar-refractivity contribution in [1.29, 1.82) is 0 Å². The van der Waals surface area contributed by atoms with E-state index in [1.807, 2.05) is 12.1 Å². The fraction of sp³-hybridized carbons (Fsp3) is 0.154. The number of ether oxygens (including phenoxy) is 1. The molecule has 0 saturated carbocycles. The molecular formula is C13H12BrFN2O. The van der Waals surface area contributed by atoms with E-state index < -0.39 is 0 Å². The van der Waals surface area contributed by atoms with Crippen molar-refractivity contribution in [3.05, 3.63) is 58.1 Å². The summed E-state index contributed by atoms with van der Waals surface area (Å²) in [5, 5.41) is 0. The van der Waals surface area contributed by atoms with Crippen molar-refractivity contribution in [2.75, 3.05) is 0 Å². The van der Waals surface area contributed by atoms with Gasteiger partial charge in [-0.25, -0.2) is 4.39 Å². The molecule has 3 nitrogen and oxygen atoms in total. The number of nitrogens with two attached hydrogens (primary N) is 1. The minimum atomic E-state index is -0.317.